The van der Waals surface area contributed by atoms with E-state index in [2.05, 4.69) is 54.8 Å². The number of rotatable bonds is 4. The van der Waals surface area contributed by atoms with Crippen molar-refractivity contribution in [2.24, 2.45) is 0 Å². The highest BCUT2D eigenvalue weighted by molar-refractivity contribution is 5.23. The highest BCUT2D eigenvalue weighted by Gasteiger charge is 2.23. The van der Waals surface area contributed by atoms with Crippen LogP contribution >= 0.6 is 0 Å². The van der Waals surface area contributed by atoms with Crippen molar-refractivity contribution in [1.82, 2.24) is 10.6 Å². The molecule has 2 nitrogen and oxygen atoms in total. The van der Waals surface area contributed by atoms with Crippen LogP contribution in [0.5, 0.6) is 0 Å². The van der Waals surface area contributed by atoms with Crippen molar-refractivity contribution in [2.75, 3.05) is 19.6 Å². The number of hydrogen-bond acceptors (Lipinski definition) is 2. The topological polar surface area (TPSA) is 24.1 Å². The van der Waals surface area contributed by atoms with Gasteiger partial charge in [-0.25, -0.2) is 0 Å². The Morgan fingerprint density at radius 1 is 1.27 bits per heavy atom. The maximum atomic E-state index is 3.60. The van der Waals surface area contributed by atoms with E-state index in [0.717, 1.165) is 19.6 Å². The summed E-state index contributed by atoms with van der Waals surface area (Å²) in [6.07, 6.45) is 0. The highest BCUT2D eigenvalue weighted by Crippen LogP contribution is 2.21. The number of benzene rings is 1. The van der Waals surface area contributed by atoms with Crippen LogP contribution in [-0.4, -0.2) is 25.7 Å². The SMILES string of the molecule is CC(C)(CNC1CNC1)c1ccccc1. The maximum Gasteiger partial charge on any atom is 0.0317 e. The second-order valence-electron chi connectivity index (χ2n) is 4.99. The van der Waals surface area contributed by atoms with Crippen molar-refractivity contribution < 1.29 is 0 Å². The average Bonchev–Trinajstić information content (AvgIpc) is 2.16. The lowest BCUT2D eigenvalue weighted by Gasteiger charge is -2.33. The van der Waals surface area contributed by atoms with Crippen LogP contribution in [0.3, 0.4) is 0 Å². The van der Waals surface area contributed by atoms with Gasteiger partial charge in [0.1, 0.15) is 0 Å². The fourth-order valence-corrected chi connectivity index (χ4v) is 1.82. The molecule has 0 spiro atoms. The normalized spacial score (nSPS) is 17.5. The molecule has 0 unspecified atom stereocenters. The van der Waals surface area contributed by atoms with Crippen LogP contribution in [-0.2, 0) is 5.41 Å². The van der Waals surface area contributed by atoms with E-state index in [0.29, 0.717) is 6.04 Å². The molecule has 0 amide bonds. The monoisotopic (exact) mass is 204 g/mol. The molecular formula is C13H20N2. The molecule has 1 aromatic rings. The van der Waals surface area contributed by atoms with Crippen LogP contribution in [0.25, 0.3) is 0 Å². The molecule has 1 aliphatic heterocycles. The van der Waals surface area contributed by atoms with E-state index < -0.39 is 0 Å². The van der Waals surface area contributed by atoms with Gasteiger partial charge < -0.3 is 10.6 Å². The van der Waals surface area contributed by atoms with Gasteiger partial charge in [-0.05, 0) is 5.56 Å². The summed E-state index contributed by atoms with van der Waals surface area (Å²) in [6.45, 7) is 7.86. The zero-order chi connectivity index (χ0) is 10.7. The van der Waals surface area contributed by atoms with E-state index in [4.69, 9.17) is 0 Å². The first kappa shape index (κ1) is 10.7. The minimum atomic E-state index is 0.219. The molecule has 82 valence electrons. The van der Waals surface area contributed by atoms with Crippen LogP contribution < -0.4 is 10.6 Å². The number of nitrogens with one attached hydrogen (secondary N) is 2. The summed E-state index contributed by atoms with van der Waals surface area (Å²) in [4.78, 5) is 0. The highest BCUT2D eigenvalue weighted by atomic mass is 15.1. The lowest BCUT2D eigenvalue weighted by Crippen LogP contribution is -2.57. The summed E-state index contributed by atoms with van der Waals surface area (Å²) >= 11 is 0. The Hall–Kier alpha value is -0.860. The van der Waals surface area contributed by atoms with Crippen molar-refractivity contribution in [1.29, 1.82) is 0 Å². The van der Waals surface area contributed by atoms with Crippen LogP contribution in [0.15, 0.2) is 30.3 Å². The van der Waals surface area contributed by atoms with Crippen LogP contribution in [0, 0.1) is 0 Å². The predicted octanol–water partition coefficient (Wildman–Crippen LogP) is 1.53. The van der Waals surface area contributed by atoms with E-state index in [1.807, 2.05) is 0 Å². The summed E-state index contributed by atoms with van der Waals surface area (Å²) in [5.74, 6) is 0. The third-order valence-electron chi connectivity index (χ3n) is 3.17. The zero-order valence-corrected chi connectivity index (χ0v) is 9.59. The van der Waals surface area contributed by atoms with Crippen LogP contribution in [0.1, 0.15) is 19.4 Å². The third kappa shape index (κ3) is 2.58. The van der Waals surface area contributed by atoms with Crippen molar-refractivity contribution in [3.63, 3.8) is 0 Å². The molecule has 1 aromatic carbocycles. The largest absolute Gasteiger partial charge is 0.314 e. The molecule has 2 rings (SSSR count). The number of hydrogen-bond donors (Lipinski definition) is 2. The van der Waals surface area contributed by atoms with Crippen LogP contribution in [0.4, 0.5) is 0 Å². The van der Waals surface area contributed by atoms with Gasteiger partial charge >= 0.3 is 0 Å². The Balaban J connectivity index is 1.93. The van der Waals surface area contributed by atoms with Gasteiger partial charge in [-0.15, -0.1) is 0 Å². The van der Waals surface area contributed by atoms with Gasteiger partial charge in [-0.1, -0.05) is 44.2 Å². The van der Waals surface area contributed by atoms with E-state index in [1.54, 1.807) is 0 Å². The lowest BCUT2D eigenvalue weighted by atomic mass is 9.84. The fourth-order valence-electron chi connectivity index (χ4n) is 1.82. The van der Waals surface area contributed by atoms with Crippen molar-refractivity contribution in [2.45, 2.75) is 25.3 Å². The summed E-state index contributed by atoms with van der Waals surface area (Å²) in [6, 6.07) is 11.4. The summed E-state index contributed by atoms with van der Waals surface area (Å²) in [5, 5.41) is 6.87. The standard InChI is InChI=1S/C13H20N2/c1-13(2,10-15-12-8-14-9-12)11-6-4-3-5-7-11/h3-7,12,14-15H,8-10H2,1-2H3. The summed E-state index contributed by atoms with van der Waals surface area (Å²) < 4.78 is 0. The Kier molecular flexibility index (Phi) is 3.08. The summed E-state index contributed by atoms with van der Waals surface area (Å²) in [7, 11) is 0. The third-order valence-corrected chi connectivity index (χ3v) is 3.17. The molecule has 1 heterocycles. The minimum absolute atomic E-state index is 0.219. The molecule has 0 aromatic heterocycles. The van der Waals surface area contributed by atoms with E-state index in [-0.39, 0.29) is 5.41 Å². The lowest BCUT2D eigenvalue weighted by molar-refractivity contribution is 0.333. The molecule has 0 aliphatic carbocycles. The van der Waals surface area contributed by atoms with Gasteiger partial charge in [0.25, 0.3) is 0 Å². The van der Waals surface area contributed by atoms with Gasteiger partial charge in [0.15, 0.2) is 0 Å². The van der Waals surface area contributed by atoms with Gasteiger partial charge in [0, 0.05) is 31.1 Å². The molecule has 0 radical (unpaired) electrons. The predicted molar refractivity (Wildman–Crippen MR) is 64.1 cm³/mol. The molecule has 1 fully saturated rings. The minimum Gasteiger partial charge on any atom is -0.314 e. The Bertz CT molecular complexity index is 302. The molecule has 2 heteroatoms. The second-order valence-corrected chi connectivity index (χ2v) is 4.99. The molecule has 1 aliphatic rings. The summed E-state index contributed by atoms with van der Waals surface area (Å²) in [5.41, 5.74) is 1.63. The van der Waals surface area contributed by atoms with Gasteiger partial charge in [0.05, 0.1) is 0 Å². The smallest absolute Gasteiger partial charge is 0.0317 e. The molecule has 15 heavy (non-hydrogen) atoms. The Morgan fingerprint density at radius 3 is 2.47 bits per heavy atom. The zero-order valence-electron chi connectivity index (χ0n) is 9.59. The average molecular weight is 204 g/mol. The Labute approximate surface area is 92.1 Å². The van der Waals surface area contributed by atoms with Crippen molar-refractivity contribution in [3.05, 3.63) is 35.9 Å². The van der Waals surface area contributed by atoms with Crippen molar-refractivity contribution >= 4 is 0 Å². The molecule has 0 atom stereocenters. The second kappa shape index (κ2) is 4.33. The van der Waals surface area contributed by atoms with E-state index in [9.17, 15) is 0 Å². The van der Waals surface area contributed by atoms with Gasteiger partial charge in [-0.2, -0.15) is 0 Å². The van der Waals surface area contributed by atoms with E-state index >= 15 is 0 Å². The molecule has 0 saturated carbocycles. The molecular weight excluding hydrogens is 184 g/mol. The fraction of sp³-hybridized carbons (Fsp3) is 0.538. The molecule has 2 N–H and O–H groups in total. The van der Waals surface area contributed by atoms with Gasteiger partial charge in [-0.3, -0.25) is 0 Å². The van der Waals surface area contributed by atoms with Crippen molar-refractivity contribution in [3.8, 4) is 0 Å². The quantitative estimate of drug-likeness (QED) is 0.777. The first-order valence-corrected chi connectivity index (χ1v) is 5.68. The molecule has 1 saturated heterocycles. The first-order chi connectivity index (χ1) is 7.18. The van der Waals surface area contributed by atoms with Crippen LogP contribution in [0.2, 0.25) is 0 Å². The van der Waals surface area contributed by atoms with E-state index in [1.165, 1.54) is 5.56 Å². The first-order valence-electron chi connectivity index (χ1n) is 5.68. The maximum absolute atomic E-state index is 3.60. The van der Waals surface area contributed by atoms with Gasteiger partial charge in [0.2, 0.25) is 0 Å². The molecule has 0 bridgehead atoms. The Morgan fingerprint density at radius 2 is 1.93 bits per heavy atom.